The average Bonchev–Trinajstić information content (AvgIpc) is 2.55. The van der Waals surface area contributed by atoms with Crippen LogP contribution in [0.5, 0.6) is 0 Å². The second kappa shape index (κ2) is 2.64. The third-order valence-corrected chi connectivity index (χ3v) is 2.71. The van der Waals surface area contributed by atoms with Crippen molar-refractivity contribution in [2.45, 2.75) is 0 Å². The van der Waals surface area contributed by atoms with Gasteiger partial charge in [-0.05, 0) is 11.4 Å². The summed E-state index contributed by atoms with van der Waals surface area (Å²) in [5.41, 5.74) is 2.01. The third-order valence-electron chi connectivity index (χ3n) is 1.35. The smallest absolute Gasteiger partial charge is 0.304 e. The fourth-order valence-corrected chi connectivity index (χ4v) is 2.08. The minimum Gasteiger partial charge on any atom is -0.312 e. The first kappa shape index (κ1) is 6.82. The Labute approximate surface area is 71.2 Å². The maximum Gasteiger partial charge on any atom is 0.304 e. The van der Waals surface area contributed by atoms with E-state index in [0.29, 0.717) is 0 Å². The van der Waals surface area contributed by atoms with Gasteiger partial charge in [-0.25, -0.2) is 0 Å². The molecule has 0 radical (unpaired) electrons. The Morgan fingerprint density at radius 2 is 2.27 bits per heavy atom. The van der Waals surface area contributed by atoms with Crippen LogP contribution in [-0.2, 0) is 0 Å². The van der Waals surface area contributed by atoms with Gasteiger partial charge in [-0.1, -0.05) is 11.3 Å². The monoisotopic (exact) mass is 183 g/mol. The summed E-state index contributed by atoms with van der Waals surface area (Å²) >= 11 is 2.82. The summed E-state index contributed by atoms with van der Waals surface area (Å²) in [4.78, 5) is 13.5. The van der Waals surface area contributed by atoms with E-state index in [0.717, 1.165) is 11.3 Å². The van der Waals surface area contributed by atoms with Gasteiger partial charge >= 0.3 is 4.87 Å². The highest BCUT2D eigenvalue weighted by atomic mass is 32.1. The highest BCUT2D eigenvalue weighted by molar-refractivity contribution is 7.08. The normalized spacial score (nSPS) is 10.2. The molecule has 2 nitrogen and oxygen atoms in total. The summed E-state index contributed by atoms with van der Waals surface area (Å²) < 4.78 is 0. The van der Waals surface area contributed by atoms with Gasteiger partial charge in [0, 0.05) is 16.3 Å². The number of hydrogen-bond acceptors (Lipinski definition) is 3. The molecule has 0 saturated heterocycles. The lowest BCUT2D eigenvalue weighted by Gasteiger charge is -1.85. The molecule has 2 aromatic heterocycles. The SMILES string of the molecule is O=c1[nH]c(-c2ccsc2)cs1. The van der Waals surface area contributed by atoms with E-state index in [4.69, 9.17) is 0 Å². The first-order chi connectivity index (χ1) is 5.36. The largest absolute Gasteiger partial charge is 0.312 e. The summed E-state index contributed by atoms with van der Waals surface area (Å²) in [5.74, 6) is 0. The van der Waals surface area contributed by atoms with Gasteiger partial charge in [0.25, 0.3) is 0 Å². The van der Waals surface area contributed by atoms with Crippen LogP contribution in [0, 0.1) is 0 Å². The van der Waals surface area contributed by atoms with E-state index >= 15 is 0 Å². The van der Waals surface area contributed by atoms with Crippen LogP contribution in [0.1, 0.15) is 0 Å². The van der Waals surface area contributed by atoms with E-state index in [-0.39, 0.29) is 4.87 Å². The van der Waals surface area contributed by atoms with Crippen LogP contribution in [0.2, 0.25) is 0 Å². The lowest BCUT2D eigenvalue weighted by Crippen LogP contribution is -1.91. The predicted octanol–water partition coefficient (Wildman–Crippen LogP) is 2.16. The van der Waals surface area contributed by atoms with Gasteiger partial charge in [0.1, 0.15) is 0 Å². The van der Waals surface area contributed by atoms with Crippen molar-refractivity contribution in [3.05, 3.63) is 31.9 Å². The van der Waals surface area contributed by atoms with Gasteiger partial charge in [-0.3, -0.25) is 4.79 Å². The molecule has 4 heteroatoms. The van der Waals surface area contributed by atoms with Crippen molar-refractivity contribution < 1.29 is 0 Å². The summed E-state index contributed by atoms with van der Waals surface area (Å²) in [7, 11) is 0. The Morgan fingerprint density at radius 1 is 1.36 bits per heavy atom. The quantitative estimate of drug-likeness (QED) is 0.722. The molecule has 2 rings (SSSR count). The Kier molecular flexibility index (Phi) is 1.63. The van der Waals surface area contributed by atoms with Gasteiger partial charge in [-0.15, -0.1) is 0 Å². The second-order valence-electron chi connectivity index (χ2n) is 2.07. The molecule has 0 aliphatic carbocycles. The fraction of sp³-hybridized carbons (Fsp3) is 0. The average molecular weight is 183 g/mol. The first-order valence-corrected chi connectivity index (χ1v) is 4.89. The van der Waals surface area contributed by atoms with Crippen molar-refractivity contribution in [3.8, 4) is 11.3 Å². The minimum absolute atomic E-state index is 0.00574. The number of nitrogens with one attached hydrogen (secondary N) is 1. The summed E-state index contributed by atoms with van der Waals surface area (Å²) in [6, 6.07) is 1.99. The molecule has 0 fully saturated rings. The Bertz CT molecular complexity index is 384. The topological polar surface area (TPSA) is 32.9 Å². The van der Waals surface area contributed by atoms with Crippen molar-refractivity contribution in [1.82, 2.24) is 4.98 Å². The predicted molar refractivity (Wildman–Crippen MR) is 48.3 cm³/mol. The first-order valence-electron chi connectivity index (χ1n) is 3.06. The molecule has 0 aromatic carbocycles. The van der Waals surface area contributed by atoms with Crippen molar-refractivity contribution in [1.29, 1.82) is 0 Å². The summed E-state index contributed by atoms with van der Waals surface area (Å²) in [6.07, 6.45) is 0. The molecule has 1 N–H and O–H groups in total. The molecule has 0 saturated carbocycles. The number of thiazole rings is 1. The zero-order chi connectivity index (χ0) is 7.68. The molecule has 0 spiro atoms. The molecule has 0 aliphatic heterocycles. The summed E-state index contributed by atoms with van der Waals surface area (Å²) in [5, 5.41) is 5.84. The van der Waals surface area contributed by atoms with Crippen LogP contribution in [-0.4, -0.2) is 4.98 Å². The number of H-pyrrole nitrogens is 1. The molecule has 0 unspecified atom stereocenters. The van der Waals surface area contributed by atoms with E-state index in [9.17, 15) is 4.79 Å². The molecule has 0 atom stereocenters. The summed E-state index contributed by atoms with van der Waals surface area (Å²) in [6.45, 7) is 0. The van der Waals surface area contributed by atoms with E-state index in [1.165, 1.54) is 11.3 Å². The number of aromatic amines is 1. The van der Waals surface area contributed by atoms with Crippen LogP contribution in [0.4, 0.5) is 0 Å². The number of hydrogen-bond donors (Lipinski definition) is 1. The van der Waals surface area contributed by atoms with Crippen molar-refractivity contribution in [2.24, 2.45) is 0 Å². The Hall–Kier alpha value is -0.870. The van der Waals surface area contributed by atoms with Crippen molar-refractivity contribution >= 4 is 22.7 Å². The standard InChI is InChI=1S/C7H5NOS2/c9-7-8-6(4-11-7)5-1-2-10-3-5/h1-4H,(H,8,9). The molecule has 0 amide bonds. The molecule has 2 aromatic rings. The Balaban J connectivity index is 2.53. The van der Waals surface area contributed by atoms with Crippen LogP contribution in [0.3, 0.4) is 0 Å². The molecule has 11 heavy (non-hydrogen) atoms. The zero-order valence-electron chi connectivity index (χ0n) is 5.53. The molecule has 56 valence electrons. The molecule has 0 bridgehead atoms. The number of aromatic nitrogens is 1. The highest BCUT2D eigenvalue weighted by Crippen LogP contribution is 2.19. The van der Waals surface area contributed by atoms with Crippen LogP contribution in [0.25, 0.3) is 11.3 Å². The molecular formula is C7H5NOS2. The van der Waals surface area contributed by atoms with E-state index in [1.54, 1.807) is 11.3 Å². The lowest BCUT2D eigenvalue weighted by molar-refractivity contribution is 1.35. The maximum atomic E-state index is 10.8. The van der Waals surface area contributed by atoms with Gasteiger partial charge < -0.3 is 4.98 Å². The fourth-order valence-electron chi connectivity index (χ4n) is 0.839. The lowest BCUT2D eigenvalue weighted by atomic mass is 10.3. The zero-order valence-corrected chi connectivity index (χ0v) is 7.17. The number of rotatable bonds is 1. The Morgan fingerprint density at radius 3 is 2.82 bits per heavy atom. The van der Waals surface area contributed by atoms with Gasteiger partial charge in [0.2, 0.25) is 0 Å². The van der Waals surface area contributed by atoms with Gasteiger partial charge in [-0.2, -0.15) is 11.3 Å². The van der Waals surface area contributed by atoms with E-state index in [2.05, 4.69) is 4.98 Å². The van der Waals surface area contributed by atoms with E-state index in [1.807, 2.05) is 22.2 Å². The third kappa shape index (κ3) is 1.27. The second-order valence-corrected chi connectivity index (χ2v) is 3.70. The molecular weight excluding hydrogens is 178 g/mol. The van der Waals surface area contributed by atoms with Gasteiger partial charge in [0.15, 0.2) is 0 Å². The highest BCUT2D eigenvalue weighted by Gasteiger charge is 1.98. The van der Waals surface area contributed by atoms with E-state index < -0.39 is 0 Å². The van der Waals surface area contributed by atoms with Crippen LogP contribution < -0.4 is 4.87 Å². The molecule has 2 heterocycles. The number of thiophene rings is 1. The van der Waals surface area contributed by atoms with Crippen LogP contribution >= 0.6 is 22.7 Å². The molecule has 0 aliphatic rings. The van der Waals surface area contributed by atoms with Crippen molar-refractivity contribution in [2.75, 3.05) is 0 Å². The van der Waals surface area contributed by atoms with Crippen molar-refractivity contribution in [3.63, 3.8) is 0 Å². The van der Waals surface area contributed by atoms with Gasteiger partial charge in [0.05, 0.1) is 5.69 Å². The maximum absolute atomic E-state index is 10.8. The van der Waals surface area contributed by atoms with Crippen LogP contribution in [0.15, 0.2) is 27.0 Å². The minimum atomic E-state index is 0.00574.